The predicted octanol–water partition coefficient (Wildman–Crippen LogP) is 5.23. The summed E-state index contributed by atoms with van der Waals surface area (Å²) >= 11 is 0. The standard InChI is InChI=1S/C26H32F2N2O/c1-5-18-12-15-30(23(22(18)6-2)19-8-10-21(27)11-9-19)24(31)26(28,7-3)25(4)17-29-14-13-20(25)16-29/h5-6,8-11,20,23H,1-2,7,12-17H2,3-4H3/t20?,23-,25?,26?/m0/s1. The number of nitrogens with zero attached hydrogens (tertiary/aromatic N) is 2. The van der Waals surface area contributed by atoms with Crippen molar-refractivity contribution < 1.29 is 13.6 Å². The first-order valence-electron chi connectivity index (χ1n) is 11.2. The Bertz CT molecular complexity index is 924. The van der Waals surface area contributed by atoms with E-state index in [2.05, 4.69) is 18.1 Å². The fraction of sp³-hybridized carbons (Fsp3) is 0.500. The minimum Gasteiger partial charge on any atom is -0.328 e. The van der Waals surface area contributed by atoms with Gasteiger partial charge in [0.2, 0.25) is 0 Å². The van der Waals surface area contributed by atoms with Crippen molar-refractivity contribution in [2.45, 2.75) is 44.8 Å². The molecule has 0 N–H and O–H groups in total. The number of rotatable bonds is 6. The van der Waals surface area contributed by atoms with E-state index in [0.29, 0.717) is 19.5 Å². The number of hydrogen-bond acceptors (Lipinski definition) is 2. The zero-order valence-corrected chi connectivity index (χ0v) is 18.5. The molecule has 3 aliphatic rings. The van der Waals surface area contributed by atoms with E-state index in [4.69, 9.17) is 0 Å². The fourth-order valence-corrected chi connectivity index (χ4v) is 6.11. The smallest absolute Gasteiger partial charge is 0.261 e. The zero-order chi connectivity index (χ0) is 22.4. The second kappa shape index (κ2) is 8.01. The van der Waals surface area contributed by atoms with Crippen molar-refractivity contribution in [2.24, 2.45) is 11.3 Å². The molecule has 4 unspecified atom stereocenters. The Balaban J connectivity index is 1.78. The highest BCUT2D eigenvalue weighted by molar-refractivity contribution is 5.87. The van der Waals surface area contributed by atoms with E-state index in [1.807, 2.05) is 6.92 Å². The van der Waals surface area contributed by atoms with Crippen LogP contribution in [0, 0.1) is 17.2 Å². The number of fused-ring (bicyclic) bond motifs is 2. The molecule has 2 saturated heterocycles. The minimum atomic E-state index is -1.96. The van der Waals surface area contributed by atoms with Crippen molar-refractivity contribution in [2.75, 3.05) is 26.2 Å². The van der Waals surface area contributed by atoms with Gasteiger partial charge in [-0.1, -0.05) is 51.3 Å². The Morgan fingerprint density at radius 1 is 1.26 bits per heavy atom. The molecule has 0 saturated carbocycles. The first-order valence-corrected chi connectivity index (χ1v) is 11.2. The van der Waals surface area contributed by atoms with Crippen LogP contribution in [0.4, 0.5) is 8.78 Å². The fourth-order valence-electron chi connectivity index (χ4n) is 6.11. The zero-order valence-electron chi connectivity index (χ0n) is 18.5. The van der Waals surface area contributed by atoms with E-state index in [1.54, 1.807) is 36.1 Å². The van der Waals surface area contributed by atoms with Crippen LogP contribution in [0.2, 0.25) is 0 Å². The molecule has 3 aliphatic heterocycles. The summed E-state index contributed by atoms with van der Waals surface area (Å²) in [5, 5.41) is 0. The SMILES string of the molecule is C=CC1=C(C=C)[C@H](c2ccc(F)cc2)N(C(=O)C(F)(CC)C2(C)CN3CCC2C3)CC1. The number of amides is 1. The van der Waals surface area contributed by atoms with Gasteiger partial charge < -0.3 is 9.80 Å². The molecule has 2 fully saturated rings. The predicted molar refractivity (Wildman–Crippen MR) is 120 cm³/mol. The Labute approximate surface area is 184 Å². The maximum Gasteiger partial charge on any atom is 0.261 e. The lowest BCUT2D eigenvalue weighted by Crippen LogP contribution is -2.60. The molecule has 166 valence electrons. The summed E-state index contributed by atoms with van der Waals surface area (Å²) < 4.78 is 30.5. The third-order valence-electron chi connectivity index (χ3n) is 7.97. The maximum absolute atomic E-state index is 16.9. The highest BCUT2D eigenvalue weighted by Gasteiger charge is 2.63. The molecule has 0 radical (unpaired) electrons. The normalized spacial score (nSPS) is 32.1. The number of alkyl halides is 1. The molecule has 5 atom stereocenters. The van der Waals surface area contributed by atoms with E-state index in [1.165, 1.54) is 12.1 Å². The van der Waals surface area contributed by atoms with Gasteiger partial charge >= 0.3 is 0 Å². The topological polar surface area (TPSA) is 23.6 Å². The third-order valence-corrected chi connectivity index (χ3v) is 7.97. The number of carbonyl (C=O) groups excluding carboxylic acids is 1. The van der Waals surface area contributed by atoms with Crippen LogP contribution in [0.1, 0.15) is 44.7 Å². The van der Waals surface area contributed by atoms with E-state index in [9.17, 15) is 9.18 Å². The van der Waals surface area contributed by atoms with Gasteiger partial charge in [-0.2, -0.15) is 0 Å². The van der Waals surface area contributed by atoms with Crippen LogP contribution >= 0.6 is 0 Å². The average Bonchev–Trinajstić information content (AvgIpc) is 3.39. The maximum atomic E-state index is 16.9. The van der Waals surface area contributed by atoms with Gasteiger partial charge in [-0.05, 0) is 60.6 Å². The molecule has 5 heteroatoms. The third kappa shape index (κ3) is 3.29. The summed E-state index contributed by atoms with van der Waals surface area (Å²) in [5.74, 6) is -0.612. The quantitative estimate of drug-likeness (QED) is 0.622. The highest BCUT2D eigenvalue weighted by Crippen LogP contribution is 2.54. The first-order chi connectivity index (χ1) is 14.8. The number of allylic oxidation sites excluding steroid dienone is 1. The van der Waals surface area contributed by atoms with Crippen molar-refractivity contribution in [1.82, 2.24) is 9.80 Å². The number of piperidine rings is 1. The van der Waals surface area contributed by atoms with Gasteiger partial charge in [0, 0.05) is 25.0 Å². The second-order valence-corrected chi connectivity index (χ2v) is 9.38. The van der Waals surface area contributed by atoms with Gasteiger partial charge in [0.15, 0.2) is 5.67 Å². The lowest BCUT2D eigenvalue weighted by Gasteiger charge is -2.48. The van der Waals surface area contributed by atoms with Crippen LogP contribution in [0.3, 0.4) is 0 Å². The van der Waals surface area contributed by atoms with E-state index >= 15 is 4.39 Å². The minimum absolute atomic E-state index is 0.140. The van der Waals surface area contributed by atoms with E-state index in [0.717, 1.165) is 36.2 Å². The lowest BCUT2D eigenvalue weighted by atomic mass is 9.64. The Morgan fingerprint density at radius 3 is 2.48 bits per heavy atom. The van der Waals surface area contributed by atoms with Crippen LogP contribution in [0.5, 0.6) is 0 Å². The van der Waals surface area contributed by atoms with Gasteiger partial charge in [0.05, 0.1) is 6.04 Å². The molecule has 4 rings (SSSR count). The summed E-state index contributed by atoms with van der Waals surface area (Å²) in [6, 6.07) is 5.61. The Hall–Kier alpha value is -2.27. The van der Waals surface area contributed by atoms with Crippen LogP contribution in [-0.2, 0) is 4.79 Å². The molecule has 3 nitrogen and oxygen atoms in total. The summed E-state index contributed by atoms with van der Waals surface area (Å²) in [5.41, 5.74) is -0.0818. The van der Waals surface area contributed by atoms with Crippen LogP contribution in [0.25, 0.3) is 0 Å². The van der Waals surface area contributed by atoms with Crippen LogP contribution in [-0.4, -0.2) is 47.6 Å². The molecule has 1 aromatic carbocycles. The van der Waals surface area contributed by atoms with Gasteiger partial charge in [0.1, 0.15) is 5.82 Å². The molecule has 3 heterocycles. The van der Waals surface area contributed by atoms with Crippen molar-refractivity contribution in [1.29, 1.82) is 0 Å². The first kappa shape index (κ1) is 21.9. The van der Waals surface area contributed by atoms with Gasteiger partial charge in [0.25, 0.3) is 5.91 Å². The molecular weight excluding hydrogens is 394 g/mol. The lowest BCUT2D eigenvalue weighted by molar-refractivity contribution is -0.160. The molecule has 1 amide bonds. The van der Waals surface area contributed by atoms with Crippen LogP contribution < -0.4 is 0 Å². The average molecular weight is 427 g/mol. The molecule has 31 heavy (non-hydrogen) atoms. The van der Waals surface area contributed by atoms with Gasteiger partial charge in [-0.15, -0.1) is 0 Å². The summed E-state index contributed by atoms with van der Waals surface area (Å²) in [7, 11) is 0. The van der Waals surface area contributed by atoms with Crippen molar-refractivity contribution in [3.05, 3.63) is 72.1 Å². The van der Waals surface area contributed by atoms with E-state index < -0.39 is 23.0 Å². The number of carbonyl (C=O) groups is 1. The van der Waals surface area contributed by atoms with Gasteiger partial charge in [-0.25, -0.2) is 8.78 Å². The number of benzene rings is 1. The summed E-state index contributed by atoms with van der Waals surface area (Å²) in [6.07, 6.45) is 5.18. The van der Waals surface area contributed by atoms with Gasteiger partial charge in [-0.3, -0.25) is 4.79 Å². The summed E-state index contributed by atoms with van der Waals surface area (Å²) in [6.45, 7) is 14.5. The molecule has 1 aromatic rings. The molecule has 0 aromatic heterocycles. The highest BCUT2D eigenvalue weighted by atomic mass is 19.1. The van der Waals surface area contributed by atoms with Crippen LogP contribution in [0.15, 0.2) is 60.7 Å². The van der Waals surface area contributed by atoms with Crippen molar-refractivity contribution in [3.63, 3.8) is 0 Å². The largest absolute Gasteiger partial charge is 0.328 e. The van der Waals surface area contributed by atoms with E-state index in [-0.39, 0.29) is 18.2 Å². The Morgan fingerprint density at radius 2 is 1.97 bits per heavy atom. The van der Waals surface area contributed by atoms with Crippen molar-refractivity contribution in [3.8, 4) is 0 Å². The van der Waals surface area contributed by atoms with Crippen molar-refractivity contribution >= 4 is 5.91 Å². The monoisotopic (exact) mass is 426 g/mol. The number of hydrogen-bond donors (Lipinski definition) is 0. The second-order valence-electron chi connectivity index (χ2n) is 9.38. The molecule has 0 aliphatic carbocycles. The molecule has 2 bridgehead atoms. The molecular formula is C26H32F2N2O. The Kier molecular flexibility index (Phi) is 5.67. The summed E-state index contributed by atoms with van der Waals surface area (Å²) in [4.78, 5) is 17.9. The molecule has 0 spiro atoms. The number of halogens is 2.